The highest BCUT2D eigenvalue weighted by Crippen LogP contribution is 2.33. The molecule has 0 saturated heterocycles. The molecule has 1 aliphatic rings. The molecule has 1 aliphatic carbocycles. The molecule has 1 saturated carbocycles. The molecule has 1 N–H and O–H groups in total. The fourth-order valence-electron chi connectivity index (χ4n) is 1.86. The second kappa shape index (κ2) is 4.92. The van der Waals surface area contributed by atoms with Crippen LogP contribution in [-0.2, 0) is 16.6 Å². The average Bonchev–Trinajstić information content (AvgIpc) is 3.15. The zero-order valence-electron chi connectivity index (χ0n) is 10.4. The summed E-state index contributed by atoms with van der Waals surface area (Å²) in [5, 5.41) is 9.17. The summed E-state index contributed by atoms with van der Waals surface area (Å²) in [5.41, 5.74) is 1.27. The maximum atomic E-state index is 12.5. The first-order chi connectivity index (χ1) is 8.37. The lowest BCUT2D eigenvalue weighted by atomic mass is 10.2. The first-order valence-electron chi connectivity index (χ1n) is 5.76. The Balaban J connectivity index is 2.52. The number of hydrogen-bond acceptors (Lipinski definition) is 3. The Morgan fingerprint density at radius 2 is 2.06 bits per heavy atom. The summed E-state index contributed by atoms with van der Waals surface area (Å²) < 4.78 is 27.1. The van der Waals surface area contributed by atoms with E-state index in [1.807, 2.05) is 0 Å². The number of nitrogens with zero attached hydrogens (tertiary/aromatic N) is 1. The molecule has 0 heterocycles. The highest BCUT2D eigenvalue weighted by Gasteiger charge is 2.36. The third kappa shape index (κ3) is 2.47. The maximum absolute atomic E-state index is 12.5. The summed E-state index contributed by atoms with van der Waals surface area (Å²) in [6, 6.07) is 3.42. The monoisotopic (exact) mass is 333 g/mol. The summed E-state index contributed by atoms with van der Waals surface area (Å²) in [5.74, 6) is 0. The van der Waals surface area contributed by atoms with Crippen molar-refractivity contribution in [2.24, 2.45) is 0 Å². The van der Waals surface area contributed by atoms with Gasteiger partial charge in [0.1, 0.15) is 0 Å². The van der Waals surface area contributed by atoms with Crippen molar-refractivity contribution in [2.45, 2.75) is 37.3 Å². The van der Waals surface area contributed by atoms with Crippen molar-refractivity contribution in [3.05, 3.63) is 27.7 Å². The normalized spacial score (nSPS) is 16.3. The lowest BCUT2D eigenvalue weighted by Crippen LogP contribution is -2.29. The van der Waals surface area contributed by atoms with Crippen LogP contribution in [-0.4, -0.2) is 30.9 Å². The Hall–Kier alpha value is -0.430. The van der Waals surface area contributed by atoms with Gasteiger partial charge in [-0.05, 0) is 43.0 Å². The third-order valence-electron chi connectivity index (χ3n) is 3.26. The van der Waals surface area contributed by atoms with Crippen LogP contribution in [0.3, 0.4) is 0 Å². The van der Waals surface area contributed by atoms with E-state index >= 15 is 0 Å². The predicted octanol–water partition coefficient (Wildman–Crippen LogP) is 2.03. The minimum Gasteiger partial charge on any atom is -0.392 e. The molecule has 1 aromatic rings. The zero-order valence-corrected chi connectivity index (χ0v) is 12.8. The smallest absolute Gasteiger partial charge is 0.243 e. The quantitative estimate of drug-likeness (QED) is 0.917. The van der Waals surface area contributed by atoms with E-state index in [4.69, 9.17) is 0 Å². The van der Waals surface area contributed by atoms with Gasteiger partial charge in [-0.15, -0.1) is 0 Å². The van der Waals surface area contributed by atoms with Crippen molar-refractivity contribution in [3.8, 4) is 0 Å². The lowest BCUT2D eigenvalue weighted by Gasteiger charge is -2.19. The van der Waals surface area contributed by atoms with Crippen molar-refractivity contribution in [1.29, 1.82) is 0 Å². The Morgan fingerprint density at radius 1 is 1.44 bits per heavy atom. The molecule has 6 heteroatoms. The molecule has 0 amide bonds. The molecule has 1 fully saturated rings. The van der Waals surface area contributed by atoms with Crippen molar-refractivity contribution in [3.63, 3.8) is 0 Å². The Kier molecular flexibility index (Phi) is 3.82. The zero-order chi connectivity index (χ0) is 13.5. The van der Waals surface area contributed by atoms with Gasteiger partial charge in [0, 0.05) is 17.6 Å². The fourth-order valence-corrected chi connectivity index (χ4v) is 4.21. The minimum atomic E-state index is -3.47. The van der Waals surface area contributed by atoms with Crippen LogP contribution in [0.1, 0.15) is 24.0 Å². The lowest BCUT2D eigenvalue weighted by molar-refractivity contribution is 0.281. The van der Waals surface area contributed by atoms with Crippen LogP contribution in [0.15, 0.2) is 21.5 Å². The van der Waals surface area contributed by atoms with E-state index in [-0.39, 0.29) is 17.5 Å². The molecule has 0 unspecified atom stereocenters. The molecule has 4 nitrogen and oxygen atoms in total. The average molecular weight is 334 g/mol. The Bertz CT molecular complexity index is 567. The van der Waals surface area contributed by atoms with Gasteiger partial charge in [-0.25, -0.2) is 8.42 Å². The van der Waals surface area contributed by atoms with Gasteiger partial charge in [0.2, 0.25) is 10.0 Å². The number of hydrogen-bond donors (Lipinski definition) is 1. The standard InChI is InChI=1S/C12H16BrNO3S/c1-8-11(13)5-9(7-15)6-12(8)18(16,17)14(2)10-3-4-10/h5-6,10,15H,3-4,7H2,1-2H3. The SMILES string of the molecule is Cc1c(Br)cc(CO)cc1S(=O)(=O)N(C)C1CC1. The van der Waals surface area contributed by atoms with Crippen LogP contribution in [0.4, 0.5) is 0 Å². The van der Waals surface area contributed by atoms with Gasteiger partial charge in [0.15, 0.2) is 0 Å². The van der Waals surface area contributed by atoms with Crippen LogP contribution in [0.5, 0.6) is 0 Å². The summed E-state index contributed by atoms with van der Waals surface area (Å²) >= 11 is 3.34. The molecule has 1 aromatic carbocycles. The van der Waals surface area contributed by atoms with E-state index in [9.17, 15) is 13.5 Å². The van der Waals surface area contributed by atoms with Gasteiger partial charge in [-0.3, -0.25) is 0 Å². The van der Waals surface area contributed by atoms with Crippen molar-refractivity contribution >= 4 is 26.0 Å². The van der Waals surface area contributed by atoms with Crippen molar-refractivity contribution in [1.82, 2.24) is 4.31 Å². The number of benzene rings is 1. The van der Waals surface area contributed by atoms with Crippen LogP contribution in [0, 0.1) is 6.92 Å². The molecule has 18 heavy (non-hydrogen) atoms. The van der Waals surface area contributed by atoms with E-state index < -0.39 is 10.0 Å². The van der Waals surface area contributed by atoms with Gasteiger partial charge in [0.25, 0.3) is 0 Å². The third-order valence-corrected chi connectivity index (χ3v) is 6.12. The molecular weight excluding hydrogens is 318 g/mol. The van der Waals surface area contributed by atoms with E-state index in [0.717, 1.165) is 12.8 Å². The number of halogens is 1. The summed E-state index contributed by atoms with van der Waals surface area (Å²) in [4.78, 5) is 0.273. The Labute approximate surface area is 116 Å². The van der Waals surface area contributed by atoms with Crippen molar-refractivity contribution in [2.75, 3.05) is 7.05 Å². The number of aliphatic hydroxyl groups is 1. The highest BCUT2D eigenvalue weighted by molar-refractivity contribution is 9.10. The summed E-state index contributed by atoms with van der Waals surface area (Å²) in [6.07, 6.45) is 1.85. The van der Waals surface area contributed by atoms with Gasteiger partial charge in [-0.1, -0.05) is 15.9 Å². The largest absolute Gasteiger partial charge is 0.392 e. The van der Waals surface area contributed by atoms with Crippen LogP contribution in [0.2, 0.25) is 0 Å². The second-order valence-electron chi connectivity index (χ2n) is 4.61. The topological polar surface area (TPSA) is 57.6 Å². The number of rotatable bonds is 4. The van der Waals surface area contributed by atoms with Gasteiger partial charge in [-0.2, -0.15) is 4.31 Å². The van der Waals surface area contributed by atoms with Crippen LogP contribution >= 0.6 is 15.9 Å². The van der Waals surface area contributed by atoms with E-state index in [0.29, 0.717) is 15.6 Å². The fraction of sp³-hybridized carbons (Fsp3) is 0.500. The molecule has 0 bridgehead atoms. The molecule has 0 radical (unpaired) electrons. The first kappa shape index (κ1) is 14.0. The summed E-state index contributed by atoms with van der Waals surface area (Å²) in [7, 11) is -1.85. The van der Waals surface area contributed by atoms with Crippen LogP contribution in [0.25, 0.3) is 0 Å². The molecule has 0 spiro atoms. The molecule has 100 valence electrons. The Morgan fingerprint density at radius 3 is 2.56 bits per heavy atom. The first-order valence-corrected chi connectivity index (χ1v) is 7.99. The van der Waals surface area contributed by atoms with Crippen molar-refractivity contribution < 1.29 is 13.5 Å². The number of sulfonamides is 1. The molecule has 0 aliphatic heterocycles. The van der Waals surface area contributed by atoms with E-state index in [1.165, 1.54) is 4.31 Å². The van der Waals surface area contributed by atoms with Gasteiger partial charge >= 0.3 is 0 Å². The molecule has 0 atom stereocenters. The minimum absolute atomic E-state index is 0.131. The molecule has 2 rings (SSSR count). The van der Waals surface area contributed by atoms with E-state index in [2.05, 4.69) is 15.9 Å². The van der Waals surface area contributed by atoms with Gasteiger partial charge in [0.05, 0.1) is 11.5 Å². The number of aliphatic hydroxyl groups excluding tert-OH is 1. The molecular formula is C12H16BrNO3S. The predicted molar refractivity (Wildman–Crippen MR) is 72.8 cm³/mol. The maximum Gasteiger partial charge on any atom is 0.243 e. The second-order valence-corrected chi connectivity index (χ2v) is 7.43. The van der Waals surface area contributed by atoms with Gasteiger partial charge < -0.3 is 5.11 Å². The highest BCUT2D eigenvalue weighted by atomic mass is 79.9. The summed E-state index contributed by atoms with van der Waals surface area (Å²) in [6.45, 7) is 1.59. The van der Waals surface area contributed by atoms with E-state index in [1.54, 1.807) is 26.1 Å². The molecule has 0 aromatic heterocycles. The van der Waals surface area contributed by atoms with Crippen LogP contribution < -0.4 is 0 Å².